The summed E-state index contributed by atoms with van der Waals surface area (Å²) >= 11 is 0. The molecule has 2 heterocycles. The summed E-state index contributed by atoms with van der Waals surface area (Å²) in [6.07, 6.45) is 2.41. The molecule has 0 unspecified atom stereocenters. The highest BCUT2D eigenvalue weighted by molar-refractivity contribution is 5.48. The first kappa shape index (κ1) is 14.4. The van der Waals surface area contributed by atoms with Crippen molar-refractivity contribution in [1.82, 2.24) is 14.9 Å². The Hall–Kier alpha value is -1.96. The van der Waals surface area contributed by atoms with Gasteiger partial charge in [0.1, 0.15) is 12.3 Å². The molecule has 0 aliphatic carbocycles. The van der Waals surface area contributed by atoms with Crippen molar-refractivity contribution in [3.05, 3.63) is 15.8 Å². The number of anilines is 1. The van der Waals surface area contributed by atoms with Crippen LogP contribution in [0.3, 0.4) is 0 Å². The molecule has 0 aromatic carbocycles. The maximum absolute atomic E-state index is 11.1. The Balaban J connectivity index is 2.07. The van der Waals surface area contributed by atoms with Gasteiger partial charge < -0.3 is 10.1 Å². The zero-order chi connectivity index (χ0) is 14.5. The van der Waals surface area contributed by atoms with Crippen molar-refractivity contribution in [1.29, 1.82) is 0 Å². The molecule has 0 bridgehead atoms. The van der Waals surface area contributed by atoms with Gasteiger partial charge in [0.2, 0.25) is 5.95 Å². The second kappa shape index (κ2) is 6.47. The largest absolute Gasteiger partial charge is 0.471 e. The molecule has 0 amide bonds. The van der Waals surface area contributed by atoms with Crippen LogP contribution in [-0.4, -0.2) is 53.1 Å². The number of nitrogens with zero attached hydrogens (tertiary/aromatic N) is 4. The molecule has 1 aromatic heterocycles. The van der Waals surface area contributed by atoms with Crippen molar-refractivity contribution in [2.75, 3.05) is 38.6 Å². The van der Waals surface area contributed by atoms with E-state index in [-0.39, 0.29) is 11.6 Å². The van der Waals surface area contributed by atoms with E-state index in [1.165, 1.54) is 12.8 Å². The predicted molar refractivity (Wildman–Crippen MR) is 74.1 cm³/mol. The zero-order valence-electron chi connectivity index (χ0n) is 11.8. The van der Waals surface area contributed by atoms with E-state index in [1.807, 2.05) is 0 Å². The van der Waals surface area contributed by atoms with Crippen LogP contribution in [0.25, 0.3) is 0 Å². The maximum Gasteiger partial charge on any atom is 0.352 e. The highest BCUT2D eigenvalue weighted by atomic mass is 16.6. The summed E-state index contributed by atoms with van der Waals surface area (Å²) in [5.74, 6) is 0.357. The van der Waals surface area contributed by atoms with Gasteiger partial charge in [0.25, 0.3) is 5.88 Å². The molecule has 2 rings (SSSR count). The summed E-state index contributed by atoms with van der Waals surface area (Å²) in [5, 5.41) is 13.8. The smallest absolute Gasteiger partial charge is 0.352 e. The second-order valence-electron chi connectivity index (χ2n) is 4.69. The van der Waals surface area contributed by atoms with Crippen LogP contribution in [-0.2, 0) is 0 Å². The van der Waals surface area contributed by atoms with Gasteiger partial charge in [-0.3, -0.25) is 15.0 Å². The van der Waals surface area contributed by atoms with Crippen LogP contribution in [0.4, 0.5) is 11.6 Å². The van der Waals surface area contributed by atoms with E-state index in [2.05, 4.69) is 20.2 Å². The Labute approximate surface area is 117 Å². The number of aromatic nitrogens is 2. The molecule has 1 aliphatic rings. The van der Waals surface area contributed by atoms with Gasteiger partial charge in [-0.2, -0.15) is 4.98 Å². The molecule has 1 saturated heterocycles. The Kier molecular flexibility index (Phi) is 4.67. The summed E-state index contributed by atoms with van der Waals surface area (Å²) < 4.78 is 5.51. The lowest BCUT2D eigenvalue weighted by Gasteiger charge is -2.15. The molecule has 110 valence electrons. The monoisotopic (exact) mass is 281 g/mol. The third-order valence-corrected chi connectivity index (χ3v) is 3.28. The minimum atomic E-state index is -0.500. The quantitative estimate of drug-likeness (QED) is 0.618. The van der Waals surface area contributed by atoms with Gasteiger partial charge in [0, 0.05) is 13.6 Å². The molecule has 20 heavy (non-hydrogen) atoms. The lowest BCUT2D eigenvalue weighted by atomic mass is 10.3. The first-order valence-electron chi connectivity index (χ1n) is 6.67. The molecule has 1 fully saturated rings. The molecular weight excluding hydrogens is 262 g/mol. The molecule has 1 N–H and O–H groups in total. The third-order valence-electron chi connectivity index (χ3n) is 3.28. The van der Waals surface area contributed by atoms with Crippen molar-refractivity contribution in [2.45, 2.75) is 19.8 Å². The number of aryl methyl sites for hydroxylation is 1. The van der Waals surface area contributed by atoms with Gasteiger partial charge in [-0.25, -0.2) is 4.98 Å². The molecule has 1 aliphatic heterocycles. The Morgan fingerprint density at radius 3 is 2.70 bits per heavy atom. The van der Waals surface area contributed by atoms with Gasteiger partial charge in [0.15, 0.2) is 0 Å². The Morgan fingerprint density at radius 1 is 1.40 bits per heavy atom. The first-order chi connectivity index (χ1) is 9.61. The van der Waals surface area contributed by atoms with Gasteiger partial charge in [-0.1, -0.05) is 0 Å². The normalized spacial score (nSPS) is 15.3. The van der Waals surface area contributed by atoms with E-state index in [4.69, 9.17) is 4.74 Å². The highest BCUT2D eigenvalue weighted by Gasteiger charge is 2.23. The molecule has 1 aromatic rings. The van der Waals surface area contributed by atoms with Gasteiger partial charge in [-0.15, -0.1) is 0 Å². The zero-order valence-corrected chi connectivity index (χ0v) is 11.8. The van der Waals surface area contributed by atoms with Crippen molar-refractivity contribution >= 4 is 11.6 Å². The molecule has 0 saturated carbocycles. The maximum atomic E-state index is 11.1. The summed E-state index contributed by atoms with van der Waals surface area (Å²) in [6.45, 7) is 4.86. The summed E-state index contributed by atoms with van der Waals surface area (Å²) in [5.41, 5.74) is 0.135. The number of ether oxygens (including phenoxy) is 1. The summed E-state index contributed by atoms with van der Waals surface area (Å²) in [4.78, 5) is 20.9. The average molecular weight is 281 g/mol. The molecule has 8 heteroatoms. The molecule has 0 radical (unpaired) electrons. The van der Waals surface area contributed by atoms with Crippen LogP contribution in [0, 0.1) is 17.0 Å². The fourth-order valence-corrected chi connectivity index (χ4v) is 2.24. The van der Waals surface area contributed by atoms with E-state index >= 15 is 0 Å². The topological polar surface area (TPSA) is 93.4 Å². The lowest BCUT2D eigenvalue weighted by Crippen LogP contribution is -2.25. The Morgan fingerprint density at radius 2 is 2.10 bits per heavy atom. The van der Waals surface area contributed by atoms with Gasteiger partial charge in [0.05, 0.1) is 4.92 Å². The van der Waals surface area contributed by atoms with E-state index < -0.39 is 4.92 Å². The number of hydrogen-bond donors (Lipinski definition) is 1. The lowest BCUT2D eigenvalue weighted by molar-refractivity contribution is -0.387. The number of rotatable bonds is 6. The standard InChI is InChI=1S/C12H19N5O3/c1-9-10(17(18)19)11(15-12(13-2)14-9)20-8-7-16-5-3-4-6-16/h3-8H2,1-2H3,(H,13,14,15). The Bertz CT molecular complexity index is 488. The highest BCUT2D eigenvalue weighted by Crippen LogP contribution is 2.28. The van der Waals surface area contributed by atoms with Crippen molar-refractivity contribution in [2.24, 2.45) is 0 Å². The van der Waals surface area contributed by atoms with Crippen LogP contribution in [0.2, 0.25) is 0 Å². The van der Waals surface area contributed by atoms with Gasteiger partial charge >= 0.3 is 5.69 Å². The summed E-state index contributed by atoms with van der Waals surface area (Å²) in [7, 11) is 1.66. The van der Waals surface area contributed by atoms with Crippen LogP contribution in [0.1, 0.15) is 18.5 Å². The molecule has 8 nitrogen and oxygen atoms in total. The fourth-order valence-electron chi connectivity index (χ4n) is 2.24. The van der Waals surface area contributed by atoms with Crippen LogP contribution >= 0.6 is 0 Å². The number of nitrogens with one attached hydrogen (secondary N) is 1. The SMILES string of the molecule is CNc1nc(C)c([N+](=O)[O-])c(OCCN2CCCC2)n1. The average Bonchev–Trinajstić information content (AvgIpc) is 2.90. The molecule has 0 atom stereocenters. The predicted octanol–water partition coefficient (Wildman–Crippen LogP) is 1.21. The van der Waals surface area contributed by atoms with E-state index in [0.29, 0.717) is 18.2 Å². The fraction of sp³-hybridized carbons (Fsp3) is 0.667. The number of nitro groups is 1. The minimum Gasteiger partial charge on any atom is -0.471 e. The van der Waals surface area contributed by atoms with Gasteiger partial charge in [-0.05, 0) is 32.9 Å². The van der Waals surface area contributed by atoms with Crippen molar-refractivity contribution < 1.29 is 9.66 Å². The van der Waals surface area contributed by atoms with E-state index in [0.717, 1.165) is 19.6 Å². The van der Waals surface area contributed by atoms with Crippen LogP contribution < -0.4 is 10.1 Å². The second-order valence-corrected chi connectivity index (χ2v) is 4.69. The number of likely N-dealkylation sites (tertiary alicyclic amines) is 1. The molecular formula is C12H19N5O3. The van der Waals surface area contributed by atoms with E-state index in [1.54, 1.807) is 14.0 Å². The van der Waals surface area contributed by atoms with Crippen LogP contribution in [0.15, 0.2) is 0 Å². The minimum absolute atomic E-state index is 0.0334. The van der Waals surface area contributed by atoms with Crippen LogP contribution in [0.5, 0.6) is 5.88 Å². The first-order valence-corrected chi connectivity index (χ1v) is 6.67. The molecule has 0 spiro atoms. The third kappa shape index (κ3) is 3.32. The van der Waals surface area contributed by atoms with Crippen molar-refractivity contribution in [3.63, 3.8) is 0 Å². The summed E-state index contributed by atoms with van der Waals surface area (Å²) in [6, 6.07) is 0. The van der Waals surface area contributed by atoms with E-state index in [9.17, 15) is 10.1 Å². The van der Waals surface area contributed by atoms with Crippen molar-refractivity contribution in [3.8, 4) is 5.88 Å². The number of hydrogen-bond acceptors (Lipinski definition) is 7.